The van der Waals surface area contributed by atoms with Crippen LogP contribution in [0.25, 0.3) is 0 Å². The summed E-state index contributed by atoms with van der Waals surface area (Å²) < 4.78 is 1.54. The molecule has 0 aliphatic heterocycles. The lowest BCUT2D eigenvalue weighted by Gasteiger charge is -2.08. The third-order valence-electron chi connectivity index (χ3n) is 2.85. The van der Waals surface area contributed by atoms with Gasteiger partial charge in [0.1, 0.15) is 5.69 Å². The maximum absolute atomic E-state index is 12.2. The summed E-state index contributed by atoms with van der Waals surface area (Å²) in [7, 11) is 0. The van der Waals surface area contributed by atoms with Crippen molar-refractivity contribution in [3.8, 4) is 0 Å². The minimum atomic E-state index is -0.320. The fraction of sp³-hybridized carbons (Fsp3) is 0.214. The summed E-state index contributed by atoms with van der Waals surface area (Å²) in [6.07, 6.45) is 1.46. The van der Waals surface area contributed by atoms with Crippen LogP contribution in [-0.2, 0) is 11.3 Å². The number of amides is 2. The summed E-state index contributed by atoms with van der Waals surface area (Å²) in [5, 5.41) is 9.43. The zero-order valence-corrected chi connectivity index (χ0v) is 11.9. The molecule has 2 rings (SSSR count). The lowest BCUT2D eigenvalue weighted by atomic mass is 10.2. The maximum atomic E-state index is 12.2. The van der Waals surface area contributed by atoms with E-state index >= 15 is 0 Å². The Bertz CT molecular complexity index is 661. The second-order valence-corrected chi connectivity index (χ2v) is 4.48. The van der Waals surface area contributed by atoms with E-state index in [1.165, 1.54) is 17.8 Å². The van der Waals surface area contributed by atoms with Gasteiger partial charge in [-0.2, -0.15) is 5.10 Å². The van der Waals surface area contributed by atoms with Gasteiger partial charge in [-0.1, -0.05) is 0 Å². The first-order chi connectivity index (χ1) is 10.0. The Kier molecular flexibility index (Phi) is 4.22. The summed E-state index contributed by atoms with van der Waals surface area (Å²) in [4.78, 5) is 23.2. The zero-order valence-electron chi connectivity index (χ0n) is 11.9. The topological polar surface area (TPSA) is 102 Å². The fourth-order valence-corrected chi connectivity index (χ4v) is 1.92. The summed E-state index contributed by atoms with van der Waals surface area (Å²) in [6.45, 7) is 3.87. The van der Waals surface area contributed by atoms with Crippen LogP contribution < -0.4 is 16.4 Å². The minimum absolute atomic E-state index is 0.147. The van der Waals surface area contributed by atoms with Gasteiger partial charge in [-0.05, 0) is 31.2 Å². The molecule has 0 saturated carbocycles. The zero-order chi connectivity index (χ0) is 15.4. The second kappa shape index (κ2) is 6.08. The molecule has 21 heavy (non-hydrogen) atoms. The largest absolute Gasteiger partial charge is 0.396 e. The summed E-state index contributed by atoms with van der Waals surface area (Å²) in [6, 6.07) is 6.81. The molecule has 110 valence electrons. The molecule has 1 aromatic heterocycles. The molecule has 0 fully saturated rings. The Morgan fingerprint density at radius 2 is 1.76 bits per heavy atom. The highest BCUT2D eigenvalue weighted by atomic mass is 16.2. The van der Waals surface area contributed by atoms with E-state index in [4.69, 9.17) is 5.73 Å². The number of hydrogen-bond acceptors (Lipinski definition) is 4. The van der Waals surface area contributed by atoms with Gasteiger partial charge in [0.05, 0.1) is 11.9 Å². The van der Waals surface area contributed by atoms with Crippen LogP contribution in [-0.4, -0.2) is 21.6 Å². The number of aromatic nitrogens is 2. The number of benzene rings is 1. The number of aryl methyl sites for hydroxylation is 1. The van der Waals surface area contributed by atoms with E-state index in [2.05, 4.69) is 15.7 Å². The average molecular weight is 287 g/mol. The lowest BCUT2D eigenvalue weighted by Crippen LogP contribution is -2.18. The fourth-order valence-electron chi connectivity index (χ4n) is 1.92. The van der Waals surface area contributed by atoms with Gasteiger partial charge in [0, 0.05) is 24.8 Å². The van der Waals surface area contributed by atoms with E-state index in [-0.39, 0.29) is 11.8 Å². The van der Waals surface area contributed by atoms with Crippen molar-refractivity contribution in [3.05, 3.63) is 36.2 Å². The molecule has 1 heterocycles. The van der Waals surface area contributed by atoms with Crippen LogP contribution >= 0.6 is 0 Å². The van der Waals surface area contributed by atoms with Crippen LogP contribution in [0.2, 0.25) is 0 Å². The van der Waals surface area contributed by atoms with Gasteiger partial charge in [0.25, 0.3) is 5.91 Å². The number of hydrogen-bond donors (Lipinski definition) is 3. The number of nitrogen functional groups attached to an aromatic ring is 1. The molecule has 0 aliphatic rings. The van der Waals surface area contributed by atoms with Gasteiger partial charge in [0.2, 0.25) is 5.91 Å². The van der Waals surface area contributed by atoms with Crippen LogP contribution in [0.3, 0.4) is 0 Å². The molecule has 0 radical (unpaired) electrons. The number of carbonyl (C=O) groups is 2. The number of nitrogens with two attached hydrogens (primary N) is 1. The van der Waals surface area contributed by atoms with E-state index in [9.17, 15) is 9.59 Å². The first-order valence-electron chi connectivity index (χ1n) is 6.51. The number of nitrogens with one attached hydrogen (secondary N) is 2. The molecule has 1 aromatic carbocycles. The van der Waals surface area contributed by atoms with Crippen LogP contribution in [0.1, 0.15) is 24.3 Å². The third-order valence-corrected chi connectivity index (χ3v) is 2.85. The van der Waals surface area contributed by atoms with Crippen LogP contribution in [0.15, 0.2) is 30.5 Å². The van der Waals surface area contributed by atoms with Gasteiger partial charge < -0.3 is 16.4 Å². The number of carbonyl (C=O) groups excluding carboxylic acids is 2. The van der Waals surface area contributed by atoms with Crippen LogP contribution in [0.5, 0.6) is 0 Å². The Morgan fingerprint density at radius 3 is 2.29 bits per heavy atom. The van der Waals surface area contributed by atoms with Crippen molar-refractivity contribution in [1.29, 1.82) is 0 Å². The summed E-state index contributed by atoms with van der Waals surface area (Å²) in [5.41, 5.74) is 7.71. The molecular formula is C14H17N5O2. The van der Waals surface area contributed by atoms with Crippen LogP contribution in [0.4, 0.5) is 17.1 Å². The van der Waals surface area contributed by atoms with Crippen molar-refractivity contribution >= 4 is 28.9 Å². The minimum Gasteiger partial charge on any atom is -0.396 e. The molecule has 2 amide bonds. The quantitative estimate of drug-likeness (QED) is 0.796. The summed E-state index contributed by atoms with van der Waals surface area (Å²) >= 11 is 0. The van der Waals surface area contributed by atoms with E-state index < -0.39 is 0 Å². The smallest absolute Gasteiger partial charge is 0.276 e. The first-order valence-corrected chi connectivity index (χ1v) is 6.51. The van der Waals surface area contributed by atoms with Crippen molar-refractivity contribution in [1.82, 2.24) is 9.78 Å². The van der Waals surface area contributed by atoms with Gasteiger partial charge in [-0.3, -0.25) is 14.3 Å². The molecule has 0 aliphatic carbocycles. The molecule has 0 saturated heterocycles. The van der Waals surface area contributed by atoms with Gasteiger partial charge in [-0.25, -0.2) is 0 Å². The molecule has 7 heteroatoms. The summed E-state index contributed by atoms with van der Waals surface area (Å²) in [5.74, 6) is -0.467. The molecule has 4 N–H and O–H groups in total. The van der Waals surface area contributed by atoms with Gasteiger partial charge in [-0.15, -0.1) is 0 Å². The van der Waals surface area contributed by atoms with E-state index in [0.717, 1.165) is 0 Å². The van der Waals surface area contributed by atoms with Crippen molar-refractivity contribution in [2.75, 3.05) is 16.4 Å². The van der Waals surface area contributed by atoms with E-state index in [1.54, 1.807) is 24.3 Å². The Morgan fingerprint density at radius 1 is 1.19 bits per heavy atom. The SMILES string of the molecule is CCn1ncc(N)c1C(=O)Nc1ccc(NC(C)=O)cc1. The lowest BCUT2D eigenvalue weighted by molar-refractivity contribution is -0.114. The monoisotopic (exact) mass is 287 g/mol. The van der Waals surface area contributed by atoms with E-state index in [1.807, 2.05) is 6.92 Å². The predicted octanol–water partition coefficient (Wildman–Crippen LogP) is 1.70. The average Bonchev–Trinajstić information content (AvgIpc) is 2.81. The highest BCUT2D eigenvalue weighted by molar-refractivity contribution is 6.06. The van der Waals surface area contributed by atoms with Gasteiger partial charge in [0.15, 0.2) is 0 Å². The van der Waals surface area contributed by atoms with Crippen molar-refractivity contribution in [2.24, 2.45) is 0 Å². The van der Waals surface area contributed by atoms with Crippen molar-refractivity contribution in [2.45, 2.75) is 20.4 Å². The van der Waals surface area contributed by atoms with Crippen molar-refractivity contribution < 1.29 is 9.59 Å². The van der Waals surface area contributed by atoms with Gasteiger partial charge >= 0.3 is 0 Å². The molecule has 0 unspecified atom stereocenters. The molecule has 0 atom stereocenters. The second-order valence-electron chi connectivity index (χ2n) is 4.48. The number of rotatable bonds is 4. The van der Waals surface area contributed by atoms with E-state index in [0.29, 0.717) is 29.3 Å². The third kappa shape index (κ3) is 3.38. The molecule has 0 spiro atoms. The molecule has 2 aromatic rings. The molecular weight excluding hydrogens is 270 g/mol. The Labute approximate surface area is 122 Å². The Hall–Kier alpha value is -2.83. The Balaban J connectivity index is 2.12. The standard InChI is InChI=1S/C14H17N5O2/c1-3-19-13(12(15)8-16-19)14(21)18-11-6-4-10(5-7-11)17-9(2)20/h4-8H,3,15H2,1-2H3,(H,17,20)(H,18,21). The number of nitrogens with zero attached hydrogens (tertiary/aromatic N) is 2. The maximum Gasteiger partial charge on any atom is 0.276 e. The predicted molar refractivity (Wildman–Crippen MR) is 81.0 cm³/mol. The molecule has 0 bridgehead atoms. The van der Waals surface area contributed by atoms with Crippen molar-refractivity contribution in [3.63, 3.8) is 0 Å². The highest BCUT2D eigenvalue weighted by Gasteiger charge is 2.16. The highest BCUT2D eigenvalue weighted by Crippen LogP contribution is 2.17. The van der Waals surface area contributed by atoms with Crippen LogP contribution in [0, 0.1) is 0 Å². The number of anilines is 3. The first kappa shape index (κ1) is 14.6. The molecule has 7 nitrogen and oxygen atoms in total. The normalized spacial score (nSPS) is 10.2.